The van der Waals surface area contributed by atoms with Crippen molar-refractivity contribution in [2.45, 2.75) is 50.5 Å². The standard InChI is InChI=1S/C14H23N5O/c1-15-8-7-11-4-2-3-9-19(11)14(20)13-16-12(17-18-13)10-5-6-10/h10-11,15H,2-9H2,1H3,(H,16,17,18). The lowest BCUT2D eigenvalue weighted by molar-refractivity contribution is 0.0590. The first kappa shape index (κ1) is 13.5. The number of piperidine rings is 1. The highest BCUT2D eigenvalue weighted by molar-refractivity contribution is 5.90. The first-order chi connectivity index (χ1) is 9.79. The Bertz CT molecular complexity index is 468. The summed E-state index contributed by atoms with van der Waals surface area (Å²) in [5.74, 6) is 1.74. The lowest BCUT2D eigenvalue weighted by Crippen LogP contribution is -2.45. The molecule has 1 unspecified atom stereocenters. The third-order valence-electron chi connectivity index (χ3n) is 4.27. The SMILES string of the molecule is CNCCC1CCCCN1C(=O)c1n[nH]c(C2CC2)n1. The van der Waals surface area contributed by atoms with Gasteiger partial charge in [-0.05, 0) is 52.1 Å². The quantitative estimate of drug-likeness (QED) is 0.850. The van der Waals surface area contributed by atoms with Crippen molar-refractivity contribution < 1.29 is 4.79 Å². The summed E-state index contributed by atoms with van der Waals surface area (Å²) in [5.41, 5.74) is 0. The van der Waals surface area contributed by atoms with Crippen LogP contribution < -0.4 is 5.32 Å². The van der Waals surface area contributed by atoms with Gasteiger partial charge in [-0.3, -0.25) is 9.89 Å². The molecule has 2 heterocycles. The van der Waals surface area contributed by atoms with E-state index in [-0.39, 0.29) is 5.91 Å². The third-order valence-corrected chi connectivity index (χ3v) is 4.27. The van der Waals surface area contributed by atoms with E-state index in [1.54, 1.807) is 0 Å². The van der Waals surface area contributed by atoms with Crippen LogP contribution in [0.3, 0.4) is 0 Å². The number of amides is 1. The normalized spacial score (nSPS) is 23.1. The zero-order valence-corrected chi connectivity index (χ0v) is 12.1. The molecule has 1 aliphatic carbocycles. The van der Waals surface area contributed by atoms with E-state index < -0.39 is 0 Å². The number of hydrogen-bond acceptors (Lipinski definition) is 4. The molecule has 1 saturated carbocycles. The molecule has 0 radical (unpaired) electrons. The van der Waals surface area contributed by atoms with Crippen molar-refractivity contribution in [3.05, 3.63) is 11.6 Å². The number of carbonyl (C=O) groups is 1. The van der Waals surface area contributed by atoms with Crippen LogP contribution in [0.1, 0.15) is 60.9 Å². The van der Waals surface area contributed by atoms with Crippen LogP contribution >= 0.6 is 0 Å². The monoisotopic (exact) mass is 277 g/mol. The number of nitrogens with zero attached hydrogens (tertiary/aromatic N) is 3. The molecule has 6 nitrogen and oxygen atoms in total. The maximum Gasteiger partial charge on any atom is 0.293 e. The Kier molecular flexibility index (Phi) is 4.00. The zero-order valence-electron chi connectivity index (χ0n) is 12.1. The number of rotatable bonds is 5. The summed E-state index contributed by atoms with van der Waals surface area (Å²) in [7, 11) is 1.95. The van der Waals surface area contributed by atoms with Crippen LogP contribution in [0.25, 0.3) is 0 Å². The van der Waals surface area contributed by atoms with Gasteiger partial charge < -0.3 is 10.2 Å². The molecule has 1 atom stereocenters. The van der Waals surface area contributed by atoms with Crippen molar-refractivity contribution in [3.8, 4) is 0 Å². The second-order valence-electron chi connectivity index (χ2n) is 5.86. The van der Waals surface area contributed by atoms with Gasteiger partial charge in [0.15, 0.2) is 0 Å². The van der Waals surface area contributed by atoms with Crippen LogP contribution in [0.5, 0.6) is 0 Å². The average molecular weight is 277 g/mol. The molecule has 0 spiro atoms. The Balaban J connectivity index is 1.68. The van der Waals surface area contributed by atoms with Gasteiger partial charge in [-0.25, -0.2) is 4.98 Å². The van der Waals surface area contributed by atoms with Gasteiger partial charge in [0.1, 0.15) is 5.82 Å². The molecule has 20 heavy (non-hydrogen) atoms. The number of hydrogen-bond donors (Lipinski definition) is 2. The minimum atomic E-state index is -0.00560. The fourth-order valence-corrected chi connectivity index (χ4v) is 2.92. The summed E-state index contributed by atoms with van der Waals surface area (Å²) >= 11 is 0. The van der Waals surface area contributed by atoms with E-state index >= 15 is 0 Å². The first-order valence-corrected chi connectivity index (χ1v) is 7.67. The van der Waals surface area contributed by atoms with Crippen molar-refractivity contribution in [3.63, 3.8) is 0 Å². The fraction of sp³-hybridized carbons (Fsp3) is 0.786. The Morgan fingerprint density at radius 2 is 2.25 bits per heavy atom. The number of H-pyrrole nitrogens is 1. The lowest BCUT2D eigenvalue weighted by atomic mass is 9.99. The number of aromatic amines is 1. The van der Waals surface area contributed by atoms with Gasteiger partial charge in [0.2, 0.25) is 5.82 Å². The smallest absolute Gasteiger partial charge is 0.293 e. The van der Waals surface area contributed by atoms with Crippen LogP contribution in [-0.4, -0.2) is 52.2 Å². The number of carbonyl (C=O) groups excluding carboxylic acids is 1. The lowest BCUT2D eigenvalue weighted by Gasteiger charge is -2.35. The largest absolute Gasteiger partial charge is 0.333 e. The molecule has 2 fully saturated rings. The Morgan fingerprint density at radius 3 is 3.00 bits per heavy atom. The van der Waals surface area contributed by atoms with Crippen LogP contribution in [0.4, 0.5) is 0 Å². The Hall–Kier alpha value is -1.43. The van der Waals surface area contributed by atoms with Crippen LogP contribution in [-0.2, 0) is 0 Å². The minimum Gasteiger partial charge on any atom is -0.333 e. The van der Waals surface area contributed by atoms with E-state index in [9.17, 15) is 4.79 Å². The van der Waals surface area contributed by atoms with E-state index in [4.69, 9.17) is 0 Å². The van der Waals surface area contributed by atoms with E-state index in [0.717, 1.165) is 51.0 Å². The molecule has 6 heteroatoms. The van der Waals surface area contributed by atoms with Crippen LogP contribution in [0.2, 0.25) is 0 Å². The van der Waals surface area contributed by atoms with E-state index in [1.165, 1.54) is 6.42 Å². The molecule has 1 aliphatic heterocycles. The summed E-state index contributed by atoms with van der Waals surface area (Å²) in [5, 5.41) is 10.2. The highest BCUT2D eigenvalue weighted by Gasteiger charge is 2.32. The van der Waals surface area contributed by atoms with Gasteiger partial charge in [-0.1, -0.05) is 0 Å². The van der Waals surface area contributed by atoms with Crippen LogP contribution in [0.15, 0.2) is 0 Å². The number of aromatic nitrogens is 3. The second-order valence-corrected chi connectivity index (χ2v) is 5.86. The molecule has 1 aromatic heterocycles. The van der Waals surface area contributed by atoms with Crippen molar-refractivity contribution >= 4 is 5.91 Å². The molecular formula is C14H23N5O. The molecule has 1 aromatic rings. The van der Waals surface area contributed by atoms with Crippen molar-refractivity contribution in [1.29, 1.82) is 0 Å². The van der Waals surface area contributed by atoms with E-state index in [0.29, 0.717) is 17.8 Å². The molecule has 3 rings (SSSR count). The van der Waals surface area contributed by atoms with Crippen molar-refractivity contribution in [2.75, 3.05) is 20.1 Å². The number of likely N-dealkylation sites (tertiary alicyclic amines) is 1. The molecule has 1 amide bonds. The molecule has 0 aromatic carbocycles. The number of nitrogens with one attached hydrogen (secondary N) is 2. The zero-order chi connectivity index (χ0) is 13.9. The van der Waals surface area contributed by atoms with Crippen molar-refractivity contribution in [2.24, 2.45) is 0 Å². The van der Waals surface area contributed by atoms with Crippen LogP contribution in [0, 0.1) is 0 Å². The predicted octanol–water partition coefficient (Wildman–Crippen LogP) is 1.29. The molecule has 2 aliphatic rings. The summed E-state index contributed by atoms with van der Waals surface area (Å²) in [4.78, 5) is 19.0. The van der Waals surface area contributed by atoms with Gasteiger partial charge in [0, 0.05) is 18.5 Å². The summed E-state index contributed by atoms with van der Waals surface area (Å²) in [6.45, 7) is 1.77. The fourth-order valence-electron chi connectivity index (χ4n) is 2.92. The predicted molar refractivity (Wildman–Crippen MR) is 75.6 cm³/mol. The highest BCUT2D eigenvalue weighted by Crippen LogP contribution is 2.37. The topological polar surface area (TPSA) is 73.9 Å². The molecular weight excluding hydrogens is 254 g/mol. The molecule has 2 N–H and O–H groups in total. The minimum absolute atomic E-state index is 0.00560. The first-order valence-electron chi connectivity index (χ1n) is 7.67. The molecule has 0 bridgehead atoms. The molecule has 1 saturated heterocycles. The summed E-state index contributed by atoms with van der Waals surface area (Å²) < 4.78 is 0. The second kappa shape index (κ2) is 5.91. The summed E-state index contributed by atoms with van der Waals surface area (Å²) in [6.07, 6.45) is 6.71. The highest BCUT2D eigenvalue weighted by atomic mass is 16.2. The summed E-state index contributed by atoms with van der Waals surface area (Å²) in [6, 6.07) is 0.326. The maximum absolute atomic E-state index is 12.6. The van der Waals surface area contributed by atoms with Gasteiger partial charge in [-0.15, -0.1) is 5.10 Å². The molecule has 110 valence electrons. The van der Waals surface area contributed by atoms with Gasteiger partial charge in [0.25, 0.3) is 5.91 Å². The van der Waals surface area contributed by atoms with E-state index in [1.807, 2.05) is 11.9 Å². The third kappa shape index (κ3) is 2.85. The Labute approximate surface area is 119 Å². The van der Waals surface area contributed by atoms with Gasteiger partial charge in [-0.2, -0.15) is 0 Å². The van der Waals surface area contributed by atoms with Gasteiger partial charge in [0.05, 0.1) is 0 Å². The Morgan fingerprint density at radius 1 is 1.40 bits per heavy atom. The average Bonchev–Trinajstić information content (AvgIpc) is 3.22. The van der Waals surface area contributed by atoms with Crippen molar-refractivity contribution in [1.82, 2.24) is 25.4 Å². The maximum atomic E-state index is 12.6. The van der Waals surface area contributed by atoms with E-state index in [2.05, 4.69) is 20.5 Å². The van der Waals surface area contributed by atoms with Gasteiger partial charge >= 0.3 is 0 Å².